The second-order valence-electron chi connectivity index (χ2n) is 6.69. The first-order valence-electron chi connectivity index (χ1n) is 9.13. The summed E-state index contributed by atoms with van der Waals surface area (Å²) < 4.78 is 11.1. The van der Waals surface area contributed by atoms with Crippen LogP contribution in [0.15, 0.2) is 48.5 Å². The first-order chi connectivity index (χ1) is 12.7. The van der Waals surface area contributed by atoms with Crippen LogP contribution in [0.4, 0.5) is 5.69 Å². The molecule has 0 aliphatic carbocycles. The first-order valence-corrected chi connectivity index (χ1v) is 9.13. The Morgan fingerprint density at radius 2 is 2.12 bits per heavy atom. The molecule has 2 aromatic rings. The van der Waals surface area contributed by atoms with E-state index in [0.29, 0.717) is 11.4 Å². The van der Waals surface area contributed by atoms with Crippen LogP contribution in [0.2, 0.25) is 0 Å². The number of carbonyl (C=O) groups excluding carboxylic acids is 1. The van der Waals surface area contributed by atoms with Crippen molar-refractivity contribution in [3.63, 3.8) is 0 Å². The van der Waals surface area contributed by atoms with Gasteiger partial charge in [0.2, 0.25) is 0 Å². The first kappa shape index (κ1) is 18.4. The Morgan fingerprint density at radius 3 is 2.81 bits per heavy atom. The molecule has 3 N–H and O–H groups in total. The fraction of sp³-hybridized carbons (Fsp3) is 0.381. The molecule has 1 amide bonds. The summed E-state index contributed by atoms with van der Waals surface area (Å²) in [6.07, 6.45) is 2.38. The molecule has 0 spiro atoms. The lowest BCUT2D eigenvalue weighted by molar-refractivity contribution is -0.687. The Morgan fingerprint density at radius 1 is 1.31 bits per heavy atom. The highest BCUT2D eigenvalue weighted by molar-refractivity contribution is 5.95. The van der Waals surface area contributed by atoms with Gasteiger partial charge in [-0.05, 0) is 37.5 Å². The van der Waals surface area contributed by atoms with Crippen molar-refractivity contribution in [1.29, 1.82) is 0 Å². The number of ether oxygens (including phenoxy) is 2. The van der Waals surface area contributed by atoms with Crippen LogP contribution in [0.1, 0.15) is 30.0 Å². The molecule has 0 radical (unpaired) electrons. The zero-order valence-electron chi connectivity index (χ0n) is 15.4. The van der Waals surface area contributed by atoms with Gasteiger partial charge in [-0.15, -0.1) is 0 Å². The van der Waals surface area contributed by atoms with Crippen molar-refractivity contribution in [2.75, 3.05) is 25.6 Å². The lowest BCUT2D eigenvalue weighted by Gasteiger charge is -2.19. The Hall–Kier alpha value is -2.37. The molecule has 5 nitrogen and oxygen atoms in total. The zero-order chi connectivity index (χ0) is 18.4. The maximum atomic E-state index is 13.1. The maximum Gasteiger partial charge on any atom is 0.287 e. The van der Waals surface area contributed by atoms with Crippen LogP contribution in [0.3, 0.4) is 0 Å². The van der Waals surface area contributed by atoms with Gasteiger partial charge in [0.1, 0.15) is 18.4 Å². The van der Waals surface area contributed by atoms with Crippen molar-refractivity contribution in [2.45, 2.75) is 31.9 Å². The SMILES string of the molecule is COc1ccc(C)cc1NC(=O)[C@@H]([NH2+]C[C@@H]1CCCO1)c1ccccc1. The Balaban J connectivity index is 1.77. The molecule has 26 heavy (non-hydrogen) atoms. The smallest absolute Gasteiger partial charge is 0.287 e. The highest BCUT2D eigenvalue weighted by Gasteiger charge is 2.27. The summed E-state index contributed by atoms with van der Waals surface area (Å²) in [4.78, 5) is 13.1. The van der Waals surface area contributed by atoms with Crippen molar-refractivity contribution in [1.82, 2.24) is 0 Å². The van der Waals surface area contributed by atoms with Crippen LogP contribution in [0, 0.1) is 6.92 Å². The molecule has 1 aliphatic rings. The van der Waals surface area contributed by atoms with Crippen LogP contribution in [0.5, 0.6) is 5.75 Å². The lowest BCUT2D eigenvalue weighted by Crippen LogP contribution is -2.89. The van der Waals surface area contributed by atoms with Crippen LogP contribution in [-0.2, 0) is 9.53 Å². The van der Waals surface area contributed by atoms with Crippen molar-refractivity contribution >= 4 is 11.6 Å². The number of nitrogens with two attached hydrogens (primary N) is 1. The molecule has 1 fully saturated rings. The van der Waals surface area contributed by atoms with Crippen molar-refractivity contribution < 1.29 is 19.6 Å². The Bertz CT molecular complexity index is 727. The number of hydrogen-bond donors (Lipinski definition) is 2. The number of aryl methyl sites for hydroxylation is 1. The van der Waals surface area contributed by atoms with Gasteiger partial charge in [-0.3, -0.25) is 4.79 Å². The van der Waals surface area contributed by atoms with E-state index in [1.807, 2.05) is 55.5 Å². The number of nitrogens with one attached hydrogen (secondary N) is 1. The molecule has 1 aliphatic heterocycles. The average molecular weight is 355 g/mol. The van der Waals surface area contributed by atoms with E-state index in [0.717, 1.165) is 37.1 Å². The molecule has 2 aromatic carbocycles. The number of amides is 1. The molecule has 3 rings (SSSR count). The van der Waals surface area contributed by atoms with Crippen molar-refractivity contribution in [2.24, 2.45) is 0 Å². The van der Waals surface area contributed by atoms with Gasteiger partial charge < -0.3 is 20.1 Å². The zero-order valence-corrected chi connectivity index (χ0v) is 15.4. The maximum absolute atomic E-state index is 13.1. The molecule has 0 aromatic heterocycles. The third-order valence-electron chi connectivity index (χ3n) is 4.71. The van der Waals surface area contributed by atoms with Crippen molar-refractivity contribution in [3.05, 3.63) is 59.7 Å². The van der Waals surface area contributed by atoms with Crippen LogP contribution >= 0.6 is 0 Å². The van der Waals surface area contributed by atoms with Gasteiger partial charge in [0.15, 0.2) is 6.04 Å². The van der Waals surface area contributed by atoms with Gasteiger partial charge >= 0.3 is 0 Å². The van der Waals surface area contributed by atoms with E-state index in [9.17, 15) is 4.79 Å². The summed E-state index contributed by atoms with van der Waals surface area (Å²) >= 11 is 0. The normalized spacial score (nSPS) is 17.7. The minimum Gasteiger partial charge on any atom is -0.495 e. The van der Waals surface area contributed by atoms with E-state index in [-0.39, 0.29) is 18.1 Å². The molecule has 1 heterocycles. The third kappa shape index (κ3) is 4.62. The Kier molecular flexibility index (Phi) is 6.26. The molecule has 5 heteroatoms. The second-order valence-corrected chi connectivity index (χ2v) is 6.69. The van der Waals surface area contributed by atoms with Gasteiger partial charge in [0.05, 0.1) is 12.8 Å². The largest absolute Gasteiger partial charge is 0.495 e. The summed E-state index contributed by atoms with van der Waals surface area (Å²) in [7, 11) is 1.61. The topological polar surface area (TPSA) is 64.2 Å². The number of benzene rings is 2. The average Bonchev–Trinajstić information content (AvgIpc) is 3.16. The number of carbonyl (C=O) groups is 1. The predicted octanol–water partition coefficient (Wildman–Crippen LogP) is 2.43. The fourth-order valence-corrected chi connectivity index (χ4v) is 3.30. The summed E-state index contributed by atoms with van der Waals surface area (Å²) in [5.41, 5.74) is 2.75. The van der Waals surface area contributed by atoms with E-state index in [1.165, 1.54) is 0 Å². The van der Waals surface area contributed by atoms with E-state index in [1.54, 1.807) is 7.11 Å². The predicted molar refractivity (Wildman–Crippen MR) is 101 cm³/mol. The monoisotopic (exact) mass is 355 g/mol. The number of methoxy groups -OCH3 is 1. The molecular weight excluding hydrogens is 328 g/mol. The standard InChI is InChI=1S/C21H26N2O3/c1-15-10-11-19(25-2)18(13-15)23-21(24)20(16-7-4-3-5-8-16)22-14-17-9-6-12-26-17/h3-5,7-8,10-11,13,17,20,22H,6,9,12,14H2,1-2H3,(H,23,24)/p+1/t17-,20-/m0/s1. The minimum atomic E-state index is -0.328. The molecule has 0 saturated carbocycles. The van der Waals surface area contributed by atoms with Crippen LogP contribution in [-0.4, -0.2) is 32.3 Å². The van der Waals surface area contributed by atoms with Crippen LogP contribution in [0.25, 0.3) is 0 Å². The molecule has 0 bridgehead atoms. The summed E-state index contributed by atoms with van der Waals surface area (Å²) in [5.74, 6) is 0.605. The highest BCUT2D eigenvalue weighted by atomic mass is 16.5. The molecular formula is C21H27N2O3+. The van der Waals surface area contributed by atoms with Gasteiger partial charge in [0, 0.05) is 12.2 Å². The van der Waals surface area contributed by atoms with E-state index < -0.39 is 0 Å². The Labute approximate surface area is 154 Å². The van der Waals surface area contributed by atoms with Crippen LogP contribution < -0.4 is 15.4 Å². The third-order valence-corrected chi connectivity index (χ3v) is 4.71. The van der Waals surface area contributed by atoms with Gasteiger partial charge in [-0.2, -0.15) is 0 Å². The number of hydrogen-bond acceptors (Lipinski definition) is 3. The number of rotatable bonds is 7. The fourth-order valence-electron chi connectivity index (χ4n) is 3.30. The van der Waals surface area contributed by atoms with Gasteiger partial charge in [-0.1, -0.05) is 36.4 Å². The van der Waals surface area contributed by atoms with E-state index in [4.69, 9.17) is 9.47 Å². The minimum absolute atomic E-state index is 0.0573. The summed E-state index contributed by atoms with van der Waals surface area (Å²) in [5, 5.41) is 5.11. The second kappa shape index (κ2) is 8.83. The molecule has 1 saturated heterocycles. The summed E-state index contributed by atoms with van der Waals surface area (Å²) in [6, 6.07) is 15.3. The van der Waals surface area contributed by atoms with Crippen molar-refractivity contribution in [3.8, 4) is 5.75 Å². The molecule has 0 unspecified atom stereocenters. The molecule has 138 valence electrons. The summed E-state index contributed by atoms with van der Waals surface area (Å²) in [6.45, 7) is 3.59. The highest BCUT2D eigenvalue weighted by Crippen LogP contribution is 2.26. The van der Waals surface area contributed by atoms with Gasteiger partial charge in [0.25, 0.3) is 5.91 Å². The number of anilines is 1. The number of quaternary nitrogens is 1. The van der Waals surface area contributed by atoms with E-state index >= 15 is 0 Å². The quantitative estimate of drug-likeness (QED) is 0.802. The molecule has 2 atom stereocenters. The lowest BCUT2D eigenvalue weighted by atomic mass is 10.1. The van der Waals surface area contributed by atoms with Gasteiger partial charge in [-0.25, -0.2) is 0 Å². The van der Waals surface area contributed by atoms with E-state index in [2.05, 4.69) is 10.6 Å².